The summed E-state index contributed by atoms with van der Waals surface area (Å²) in [6.07, 6.45) is 3.11. The van der Waals surface area contributed by atoms with Gasteiger partial charge < -0.3 is 0 Å². The second-order valence-corrected chi connectivity index (χ2v) is 7.72. The van der Waals surface area contributed by atoms with E-state index < -0.39 is 10.0 Å². The lowest BCUT2D eigenvalue weighted by Gasteiger charge is -2.29. The summed E-state index contributed by atoms with van der Waals surface area (Å²) in [6.45, 7) is 5.27. The second-order valence-electron chi connectivity index (χ2n) is 5.78. The van der Waals surface area contributed by atoms with Gasteiger partial charge in [-0.3, -0.25) is 4.79 Å². The minimum Gasteiger partial charge on any atom is -0.294 e. The number of carbonyl (C=O) groups is 1. The summed E-state index contributed by atoms with van der Waals surface area (Å²) in [5, 5.41) is 0. The Morgan fingerprint density at radius 3 is 2.29 bits per heavy atom. The summed E-state index contributed by atoms with van der Waals surface area (Å²) in [5.41, 5.74) is 0.586. The first-order valence-corrected chi connectivity index (χ1v) is 9.02. The summed E-state index contributed by atoms with van der Waals surface area (Å²) >= 11 is 0. The molecule has 0 N–H and O–H groups in total. The van der Waals surface area contributed by atoms with Crippen molar-refractivity contribution < 1.29 is 13.2 Å². The van der Waals surface area contributed by atoms with Gasteiger partial charge >= 0.3 is 0 Å². The van der Waals surface area contributed by atoms with E-state index in [0.717, 1.165) is 19.3 Å². The van der Waals surface area contributed by atoms with Crippen LogP contribution < -0.4 is 0 Å². The van der Waals surface area contributed by atoms with Crippen molar-refractivity contribution in [3.05, 3.63) is 29.8 Å². The van der Waals surface area contributed by atoms with Crippen LogP contribution in [0.5, 0.6) is 0 Å². The minimum absolute atomic E-state index is 0.0632. The quantitative estimate of drug-likeness (QED) is 0.785. The molecule has 0 atom stereocenters. The van der Waals surface area contributed by atoms with E-state index in [9.17, 15) is 13.2 Å². The first-order valence-electron chi connectivity index (χ1n) is 7.58. The summed E-state index contributed by atoms with van der Waals surface area (Å²) in [7, 11) is -3.42. The number of benzene rings is 1. The normalized spacial score (nSPS) is 17.8. The van der Waals surface area contributed by atoms with Crippen LogP contribution >= 0.6 is 0 Å². The lowest BCUT2D eigenvalue weighted by atomic mass is 10.0. The largest absolute Gasteiger partial charge is 0.294 e. The highest BCUT2D eigenvalue weighted by atomic mass is 32.2. The van der Waals surface area contributed by atoms with Crippen LogP contribution in [-0.2, 0) is 10.0 Å². The Morgan fingerprint density at radius 2 is 1.76 bits per heavy atom. The maximum atomic E-state index is 12.5. The molecule has 1 heterocycles. The Morgan fingerprint density at radius 1 is 1.19 bits per heavy atom. The lowest BCUT2D eigenvalue weighted by Crippen LogP contribution is -2.37. The van der Waals surface area contributed by atoms with Gasteiger partial charge in [-0.2, -0.15) is 4.31 Å². The predicted molar refractivity (Wildman–Crippen MR) is 82.8 cm³/mol. The Hall–Kier alpha value is -1.20. The fourth-order valence-corrected chi connectivity index (χ4v) is 4.03. The molecule has 4 nitrogen and oxygen atoms in total. The number of carbonyl (C=O) groups excluding carboxylic acids is 1. The number of hydrogen-bond donors (Lipinski definition) is 0. The van der Waals surface area contributed by atoms with E-state index in [1.165, 1.54) is 0 Å². The van der Waals surface area contributed by atoms with Crippen LogP contribution in [0.25, 0.3) is 0 Å². The fourth-order valence-electron chi connectivity index (χ4n) is 2.56. The van der Waals surface area contributed by atoms with Gasteiger partial charge in [0.1, 0.15) is 0 Å². The van der Waals surface area contributed by atoms with Crippen LogP contribution in [-0.4, -0.2) is 31.6 Å². The van der Waals surface area contributed by atoms with Crippen molar-refractivity contribution in [2.45, 2.75) is 44.4 Å². The van der Waals surface area contributed by atoms with Crippen LogP contribution in [0.2, 0.25) is 0 Å². The van der Waals surface area contributed by atoms with Crippen molar-refractivity contribution in [1.29, 1.82) is 0 Å². The zero-order chi connectivity index (χ0) is 15.5. The molecule has 0 radical (unpaired) electrons. The molecule has 0 amide bonds. The highest BCUT2D eigenvalue weighted by Crippen LogP contribution is 2.23. The molecule has 1 aliphatic heterocycles. The van der Waals surface area contributed by atoms with Crippen LogP contribution in [0.1, 0.15) is 49.9 Å². The minimum atomic E-state index is -3.42. The fraction of sp³-hybridized carbons (Fsp3) is 0.562. The highest BCUT2D eigenvalue weighted by molar-refractivity contribution is 7.89. The van der Waals surface area contributed by atoms with E-state index in [4.69, 9.17) is 0 Å². The van der Waals surface area contributed by atoms with Crippen molar-refractivity contribution in [3.8, 4) is 0 Å². The number of ketones is 1. The molecule has 5 heteroatoms. The standard InChI is InChI=1S/C16H23NO3S/c1-3-4-16(18)14-5-7-15(8-6-14)21(19,20)17-11-9-13(2)10-12-17/h5-8,13H,3-4,9-12H2,1-2H3. The molecule has 116 valence electrons. The molecule has 0 unspecified atom stereocenters. The number of Topliss-reactive ketones (excluding diaryl/α,β-unsaturated/α-hetero) is 1. The van der Waals surface area contributed by atoms with Crippen molar-refractivity contribution in [1.82, 2.24) is 4.31 Å². The van der Waals surface area contributed by atoms with E-state index in [-0.39, 0.29) is 10.7 Å². The lowest BCUT2D eigenvalue weighted by molar-refractivity contribution is 0.0981. The van der Waals surface area contributed by atoms with Crippen LogP contribution in [0.4, 0.5) is 0 Å². The maximum Gasteiger partial charge on any atom is 0.243 e. The molecule has 0 aromatic heterocycles. The predicted octanol–water partition coefficient (Wildman–Crippen LogP) is 3.09. The van der Waals surface area contributed by atoms with Crippen molar-refractivity contribution in [3.63, 3.8) is 0 Å². The SMILES string of the molecule is CCCC(=O)c1ccc(S(=O)(=O)N2CCC(C)CC2)cc1. The summed E-state index contributed by atoms with van der Waals surface area (Å²) in [5.74, 6) is 0.652. The van der Waals surface area contributed by atoms with E-state index in [1.807, 2.05) is 6.92 Å². The van der Waals surface area contributed by atoms with Gasteiger partial charge in [-0.05, 0) is 37.3 Å². The number of nitrogens with zero attached hydrogens (tertiary/aromatic N) is 1. The summed E-state index contributed by atoms with van der Waals surface area (Å²) in [6, 6.07) is 6.35. The zero-order valence-corrected chi connectivity index (χ0v) is 13.5. The molecule has 0 aliphatic carbocycles. The van der Waals surface area contributed by atoms with Gasteiger partial charge in [0.25, 0.3) is 0 Å². The third-order valence-corrected chi connectivity index (χ3v) is 5.95. The summed E-state index contributed by atoms with van der Waals surface area (Å²) < 4.78 is 26.6. The Labute approximate surface area is 127 Å². The van der Waals surface area contributed by atoms with Gasteiger partial charge in [0.2, 0.25) is 10.0 Å². The Balaban J connectivity index is 2.15. The molecular formula is C16H23NO3S. The first kappa shape index (κ1) is 16.2. The smallest absolute Gasteiger partial charge is 0.243 e. The van der Waals surface area contributed by atoms with Gasteiger partial charge in [-0.25, -0.2) is 8.42 Å². The highest BCUT2D eigenvalue weighted by Gasteiger charge is 2.27. The van der Waals surface area contributed by atoms with Crippen molar-refractivity contribution in [2.75, 3.05) is 13.1 Å². The van der Waals surface area contributed by atoms with Crippen molar-refractivity contribution >= 4 is 15.8 Å². The molecule has 0 bridgehead atoms. The molecule has 21 heavy (non-hydrogen) atoms. The van der Waals surface area contributed by atoms with Crippen LogP contribution in [0.3, 0.4) is 0 Å². The van der Waals surface area contributed by atoms with Gasteiger partial charge in [0, 0.05) is 25.1 Å². The molecule has 1 aliphatic rings. The number of rotatable bonds is 5. The molecule has 1 aromatic carbocycles. The van der Waals surface area contributed by atoms with E-state index in [0.29, 0.717) is 31.0 Å². The van der Waals surface area contributed by atoms with Crippen LogP contribution in [0, 0.1) is 5.92 Å². The molecular weight excluding hydrogens is 286 g/mol. The number of piperidine rings is 1. The van der Waals surface area contributed by atoms with Gasteiger partial charge in [-0.1, -0.05) is 26.0 Å². The van der Waals surface area contributed by atoms with E-state index in [1.54, 1.807) is 28.6 Å². The Bertz CT molecular complexity index is 584. The second kappa shape index (κ2) is 6.71. The monoisotopic (exact) mass is 309 g/mol. The average Bonchev–Trinajstić information content (AvgIpc) is 2.48. The molecule has 1 aromatic rings. The molecule has 0 saturated carbocycles. The van der Waals surface area contributed by atoms with Crippen molar-refractivity contribution in [2.24, 2.45) is 5.92 Å². The number of hydrogen-bond acceptors (Lipinski definition) is 3. The third-order valence-electron chi connectivity index (χ3n) is 4.03. The maximum absolute atomic E-state index is 12.5. The van der Waals surface area contributed by atoms with Gasteiger partial charge in [0.05, 0.1) is 4.90 Å². The van der Waals surface area contributed by atoms with Crippen LogP contribution in [0.15, 0.2) is 29.2 Å². The average molecular weight is 309 g/mol. The molecule has 2 rings (SSSR count). The topological polar surface area (TPSA) is 54.5 Å². The van der Waals surface area contributed by atoms with Gasteiger partial charge in [0.15, 0.2) is 5.78 Å². The number of sulfonamides is 1. The third kappa shape index (κ3) is 3.71. The van der Waals surface area contributed by atoms with E-state index in [2.05, 4.69) is 6.92 Å². The molecule has 1 saturated heterocycles. The van der Waals surface area contributed by atoms with Gasteiger partial charge in [-0.15, -0.1) is 0 Å². The Kier molecular flexibility index (Phi) is 5.17. The summed E-state index contributed by atoms with van der Waals surface area (Å²) in [4.78, 5) is 12.1. The molecule has 1 fully saturated rings. The first-order chi connectivity index (χ1) is 9.95. The van der Waals surface area contributed by atoms with E-state index >= 15 is 0 Å². The molecule has 0 spiro atoms. The zero-order valence-electron chi connectivity index (χ0n) is 12.7.